The quantitative estimate of drug-likeness (QED) is 0.379. The number of aromatic nitrogens is 1. The van der Waals surface area contributed by atoms with E-state index < -0.39 is 5.78 Å². The van der Waals surface area contributed by atoms with Gasteiger partial charge >= 0.3 is 0 Å². The summed E-state index contributed by atoms with van der Waals surface area (Å²) in [7, 11) is 0. The van der Waals surface area contributed by atoms with Crippen LogP contribution in [0.1, 0.15) is 15.9 Å². The van der Waals surface area contributed by atoms with Crippen LogP contribution >= 0.6 is 0 Å². The molecule has 0 fully saturated rings. The number of benzene rings is 3. The molecule has 0 aliphatic carbocycles. The van der Waals surface area contributed by atoms with Crippen molar-refractivity contribution in [2.24, 2.45) is 0 Å². The lowest BCUT2D eigenvalue weighted by molar-refractivity contribution is 0.101. The zero-order chi connectivity index (χ0) is 20.1. The van der Waals surface area contributed by atoms with Gasteiger partial charge in [0, 0.05) is 34.2 Å². The van der Waals surface area contributed by atoms with E-state index in [1.807, 2.05) is 30.3 Å². The topological polar surface area (TPSA) is 103 Å². The number of Topliss-reactive ketones (excluding diaryl/α,β-unsaturated/α-hetero) is 1. The van der Waals surface area contributed by atoms with Gasteiger partial charge < -0.3 is 25.0 Å². The van der Waals surface area contributed by atoms with Crippen LogP contribution in [0.25, 0.3) is 28.2 Å². The van der Waals surface area contributed by atoms with Crippen LogP contribution < -0.4 is 4.74 Å². The number of phenolic OH excluding ortho intramolecular Hbond substituents is 3. The molecule has 0 atom stereocenters. The highest BCUT2D eigenvalue weighted by molar-refractivity contribution is 6.17. The molecule has 0 spiro atoms. The number of aromatic hydroxyl groups is 3. The van der Waals surface area contributed by atoms with Crippen molar-refractivity contribution >= 4 is 22.8 Å². The van der Waals surface area contributed by atoms with Gasteiger partial charge in [0.15, 0.2) is 5.76 Å². The number of aromatic amines is 1. The normalized spacial score (nSPS) is 14.3. The Balaban J connectivity index is 1.71. The second-order valence-corrected chi connectivity index (χ2v) is 6.79. The van der Waals surface area contributed by atoms with E-state index in [4.69, 9.17) is 4.74 Å². The molecule has 1 aliphatic heterocycles. The fourth-order valence-electron chi connectivity index (χ4n) is 3.61. The van der Waals surface area contributed by atoms with Gasteiger partial charge in [0.05, 0.1) is 5.69 Å². The molecule has 0 bridgehead atoms. The maximum atomic E-state index is 12.8. The minimum atomic E-state index is -0.468. The number of fused-ring (bicyclic) bond motifs is 2. The molecule has 1 aromatic heterocycles. The van der Waals surface area contributed by atoms with Gasteiger partial charge in [-0.2, -0.15) is 0 Å². The van der Waals surface area contributed by atoms with E-state index in [9.17, 15) is 20.1 Å². The number of carbonyl (C=O) groups is 1. The van der Waals surface area contributed by atoms with Crippen LogP contribution in [-0.2, 0) is 0 Å². The molecule has 0 unspecified atom stereocenters. The number of para-hydroxylation sites is 1. The Morgan fingerprint density at radius 2 is 1.72 bits per heavy atom. The fourth-order valence-corrected chi connectivity index (χ4v) is 3.61. The predicted octanol–water partition coefficient (Wildman–Crippen LogP) is 4.57. The van der Waals surface area contributed by atoms with Gasteiger partial charge in [-0.15, -0.1) is 0 Å². The maximum absolute atomic E-state index is 12.8. The van der Waals surface area contributed by atoms with Crippen molar-refractivity contribution < 1.29 is 24.9 Å². The highest BCUT2D eigenvalue weighted by Gasteiger charge is 2.32. The van der Waals surface area contributed by atoms with Crippen LogP contribution in [0.4, 0.5) is 0 Å². The number of ketones is 1. The Morgan fingerprint density at radius 3 is 2.55 bits per heavy atom. The van der Waals surface area contributed by atoms with E-state index in [1.165, 1.54) is 6.07 Å². The minimum absolute atomic E-state index is 0.0211. The fraction of sp³-hybridized carbons (Fsp3) is 0. The summed E-state index contributed by atoms with van der Waals surface area (Å²) in [6, 6.07) is 16.8. The SMILES string of the molecule is O=C1/C(=C/c2c(-c3cccc(O)c3)[nH]c3ccccc23)Oc2cc(O)cc(O)c21. The van der Waals surface area contributed by atoms with Gasteiger partial charge in [-0.1, -0.05) is 30.3 Å². The minimum Gasteiger partial charge on any atom is -0.508 e. The molecule has 0 amide bonds. The molecular weight excluding hydrogens is 370 g/mol. The lowest BCUT2D eigenvalue weighted by atomic mass is 10.0. The van der Waals surface area contributed by atoms with Crippen molar-refractivity contribution in [3.8, 4) is 34.3 Å². The molecule has 2 heterocycles. The number of hydrogen-bond acceptors (Lipinski definition) is 5. The first kappa shape index (κ1) is 16.9. The van der Waals surface area contributed by atoms with Crippen LogP contribution in [0.3, 0.4) is 0 Å². The third-order valence-electron chi connectivity index (χ3n) is 4.89. The van der Waals surface area contributed by atoms with Crippen LogP contribution in [0.5, 0.6) is 23.0 Å². The second-order valence-electron chi connectivity index (χ2n) is 6.79. The largest absolute Gasteiger partial charge is 0.508 e. The summed E-state index contributed by atoms with van der Waals surface area (Å²) in [5.74, 6) is -0.724. The number of phenols is 3. The van der Waals surface area contributed by atoms with E-state index in [1.54, 1.807) is 24.3 Å². The van der Waals surface area contributed by atoms with Crippen molar-refractivity contribution in [2.45, 2.75) is 0 Å². The van der Waals surface area contributed by atoms with Crippen molar-refractivity contribution in [1.82, 2.24) is 4.98 Å². The van der Waals surface area contributed by atoms with Crippen LogP contribution in [0.2, 0.25) is 0 Å². The number of rotatable bonds is 2. The standard InChI is InChI=1S/C23H15NO5/c25-13-5-3-4-12(8-13)22-16(15-6-1-2-7-17(15)24-22)11-20-23(28)21-18(27)9-14(26)10-19(21)29-20/h1-11,24-27H/b20-11-. The summed E-state index contributed by atoms with van der Waals surface area (Å²) in [4.78, 5) is 16.1. The highest BCUT2D eigenvalue weighted by atomic mass is 16.5. The third-order valence-corrected chi connectivity index (χ3v) is 4.89. The molecule has 4 aromatic rings. The zero-order valence-electron chi connectivity index (χ0n) is 15.0. The molecule has 3 aromatic carbocycles. The summed E-state index contributed by atoms with van der Waals surface area (Å²) < 4.78 is 5.65. The maximum Gasteiger partial charge on any atom is 0.235 e. The monoisotopic (exact) mass is 385 g/mol. The van der Waals surface area contributed by atoms with Gasteiger partial charge in [-0.3, -0.25) is 4.79 Å². The molecule has 1 aliphatic rings. The summed E-state index contributed by atoms with van der Waals surface area (Å²) in [6.45, 7) is 0. The molecule has 6 nitrogen and oxygen atoms in total. The summed E-state index contributed by atoms with van der Waals surface area (Å²) in [5.41, 5.74) is 3.06. The Bertz CT molecular complexity index is 1330. The first-order chi connectivity index (χ1) is 14.0. The molecule has 0 saturated carbocycles. The molecule has 4 N–H and O–H groups in total. The summed E-state index contributed by atoms with van der Waals surface area (Å²) in [5, 5.41) is 30.5. The number of nitrogens with one attached hydrogen (secondary N) is 1. The lowest BCUT2D eigenvalue weighted by Gasteiger charge is -2.04. The molecule has 29 heavy (non-hydrogen) atoms. The molecule has 0 radical (unpaired) electrons. The smallest absolute Gasteiger partial charge is 0.235 e. The van der Waals surface area contributed by atoms with Gasteiger partial charge in [0.25, 0.3) is 0 Å². The number of ether oxygens (including phenoxy) is 1. The zero-order valence-corrected chi connectivity index (χ0v) is 15.0. The first-order valence-corrected chi connectivity index (χ1v) is 8.91. The Morgan fingerprint density at radius 1 is 0.897 bits per heavy atom. The third kappa shape index (κ3) is 2.70. The predicted molar refractivity (Wildman–Crippen MR) is 108 cm³/mol. The van der Waals surface area contributed by atoms with Crippen molar-refractivity contribution in [3.63, 3.8) is 0 Å². The molecule has 6 heteroatoms. The average molecular weight is 385 g/mol. The lowest BCUT2D eigenvalue weighted by Crippen LogP contribution is -1.98. The van der Waals surface area contributed by atoms with Crippen molar-refractivity contribution in [3.05, 3.63) is 77.5 Å². The van der Waals surface area contributed by atoms with E-state index >= 15 is 0 Å². The van der Waals surface area contributed by atoms with Gasteiger partial charge in [-0.05, 0) is 24.3 Å². The summed E-state index contributed by atoms with van der Waals surface area (Å²) in [6.07, 6.45) is 1.61. The number of allylic oxidation sites excluding steroid dienone is 1. The van der Waals surface area contributed by atoms with Crippen LogP contribution in [-0.4, -0.2) is 26.1 Å². The van der Waals surface area contributed by atoms with Crippen LogP contribution in [0, 0.1) is 0 Å². The number of carbonyl (C=O) groups excluding carboxylic acids is 1. The molecule has 5 rings (SSSR count). The Labute approximate surface area is 164 Å². The Hall–Kier alpha value is -4.19. The Kier molecular flexibility index (Phi) is 3.61. The van der Waals surface area contributed by atoms with Gasteiger partial charge in [-0.25, -0.2) is 0 Å². The van der Waals surface area contributed by atoms with Crippen LogP contribution in [0.15, 0.2) is 66.4 Å². The molecule has 142 valence electrons. The second kappa shape index (κ2) is 6.17. The number of H-pyrrole nitrogens is 1. The van der Waals surface area contributed by atoms with Gasteiger partial charge in [0.2, 0.25) is 5.78 Å². The van der Waals surface area contributed by atoms with E-state index in [0.717, 1.165) is 22.5 Å². The molecular formula is C23H15NO5. The molecule has 0 saturated heterocycles. The summed E-state index contributed by atoms with van der Waals surface area (Å²) >= 11 is 0. The van der Waals surface area contributed by atoms with Crippen molar-refractivity contribution in [2.75, 3.05) is 0 Å². The first-order valence-electron chi connectivity index (χ1n) is 8.91. The highest BCUT2D eigenvalue weighted by Crippen LogP contribution is 2.42. The van der Waals surface area contributed by atoms with E-state index in [0.29, 0.717) is 11.3 Å². The van der Waals surface area contributed by atoms with Crippen molar-refractivity contribution in [1.29, 1.82) is 0 Å². The van der Waals surface area contributed by atoms with Gasteiger partial charge in [0.1, 0.15) is 28.6 Å². The average Bonchev–Trinajstić information content (AvgIpc) is 3.20. The van der Waals surface area contributed by atoms with E-state index in [2.05, 4.69) is 4.98 Å². The van der Waals surface area contributed by atoms with E-state index in [-0.39, 0.29) is 34.3 Å². The number of hydrogen-bond donors (Lipinski definition) is 4.